The van der Waals surface area contributed by atoms with Gasteiger partial charge in [0.2, 0.25) is 0 Å². The highest BCUT2D eigenvalue weighted by atomic mass is 16.4. The van der Waals surface area contributed by atoms with Crippen LogP contribution in [0.25, 0.3) is 0 Å². The van der Waals surface area contributed by atoms with Gasteiger partial charge in [0.15, 0.2) is 0 Å². The molecule has 2 aromatic rings. The Morgan fingerprint density at radius 2 is 1.90 bits per heavy atom. The van der Waals surface area contributed by atoms with Crippen molar-refractivity contribution in [3.63, 3.8) is 0 Å². The summed E-state index contributed by atoms with van der Waals surface area (Å²) in [7, 11) is 0. The number of benzene rings is 2. The van der Waals surface area contributed by atoms with E-state index >= 15 is 0 Å². The Kier molecular flexibility index (Phi) is 4.82. The fraction of sp³-hybridized carbons (Fsp3) is 0.235. The maximum atomic E-state index is 11.0. The van der Waals surface area contributed by atoms with Gasteiger partial charge in [-0.25, -0.2) is 4.79 Å². The molecule has 2 rings (SSSR count). The van der Waals surface area contributed by atoms with Crippen molar-refractivity contribution < 1.29 is 9.90 Å². The summed E-state index contributed by atoms with van der Waals surface area (Å²) in [6.45, 7) is 2.98. The van der Waals surface area contributed by atoms with E-state index in [1.807, 2.05) is 30.3 Å². The fourth-order valence-corrected chi connectivity index (χ4v) is 2.25. The summed E-state index contributed by atoms with van der Waals surface area (Å²) in [4.78, 5) is 13.1. The smallest absolute Gasteiger partial charge is 0.335 e. The minimum Gasteiger partial charge on any atom is -0.478 e. The molecule has 2 aromatic carbocycles. The van der Waals surface area contributed by atoms with Crippen LogP contribution in [0, 0.1) is 0 Å². The Morgan fingerprint density at radius 1 is 1.19 bits per heavy atom. The van der Waals surface area contributed by atoms with Gasteiger partial charge in [-0.3, -0.25) is 0 Å². The molecule has 4 nitrogen and oxygen atoms in total. The lowest BCUT2D eigenvalue weighted by Crippen LogP contribution is -2.19. The van der Waals surface area contributed by atoms with Crippen LogP contribution in [-0.4, -0.2) is 17.6 Å². The third kappa shape index (κ3) is 3.54. The van der Waals surface area contributed by atoms with E-state index in [-0.39, 0.29) is 5.56 Å². The van der Waals surface area contributed by atoms with Gasteiger partial charge in [0.05, 0.1) is 16.9 Å². The number of aromatic carboxylic acids is 1. The van der Waals surface area contributed by atoms with Crippen LogP contribution in [0.3, 0.4) is 0 Å². The van der Waals surface area contributed by atoms with Crippen molar-refractivity contribution in [3.8, 4) is 0 Å². The predicted octanol–water partition coefficient (Wildman–Crippen LogP) is 3.91. The van der Waals surface area contributed by atoms with Crippen LogP contribution < -0.4 is 10.6 Å². The first kappa shape index (κ1) is 14.9. The molecule has 0 heterocycles. The second-order valence-corrected chi connectivity index (χ2v) is 4.92. The zero-order chi connectivity index (χ0) is 15.2. The minimum atomic E-state index is -0.965. The number of anilines is 3. The molecule has 3 N–H and O–H groups in total. The van der Waals surface area contributed by atoms with Crippen molar-refractivity contribution >= 4 is 23.0 Å². The number of carboxylic acid groups (broad SMARTS) is 1. The second-order valence-electron chi connectivity index (χ2n) is 4.92. The number of hydrogen-bond acceptors (Lipinski definition) is 3. The lowest BCUT2D eigenvalue weighted by molar-refractivity contribution is 0.0697. The number of nitrogens with zero attached hydrogens (tertiary/aromatic N) is 1. The van der Waals surface area contributed by atoms with Gasteiger partial charge in [-0.2, -0.15) is 0 Å². The molecule has 21 heavy (non-hydrogen) atoms. The Bertz CT molecular complexity index is 611. The summed E-state index contributed by atoms with van der Waals surface area (Å²) >= 11 is 0. The number of hydrogen-bond donors (Lipinski definition) is 2. The Labute approximate surface area is 124 Å². The molecule has 0 bridgehead atoms. The minimum absolute atomic E-state index is 0.208. The number of nitrogens with two attached hydrogens (primary N) is 1. The van der Waals surface area contributed by atoms with Crippen LogP contribution in [0.5, 0.6) is 0 Å². The van der Waals surface area contributed by atoms with E-state index in [1.54, 1.807) is 12.1 Å². The third-order valence-corrected chi connectivity index (χ3v) is 3.37. The highest BCUT2D eigenvalue weighted by molar-refractivity contribution is 5.91. The molecule has 0 fully saturated rings. The Morgan fingerprint density at radius 3 is 2.48 bits per heavy atom. The van der Waals surface area contributed by atoms with Gasteiger partial charge in [-0.05, 0) is 36.8 Å². The molecule has 0 saturated carbocycles. The van der Waals surface area contributed by atoms with Crippen molar-refractivity contribution in [2.24, 2.45) is 0 Å². The van der Waals surface area contributed by atoms with Crippen molar-refractivity contribution in [2.75, 3.05) is 17.2 Å². The van der Waals surface area contributed by atoms with Crippen LogP contribution in [0.1, 0.15) is 30.1 Å². The Hall–Kier alpha value is -2.49. The molecule has 0 spiro atoms. The number of rotatable bonds is 6. The largest absolute Gasteiger partial charge is 0.478 e. The normalized spacial score (nSPS) is 10.3. The molecule has 4 heteroatoms. The molecule has 0 radical (unpaired) electrons. The van der Waals surface area contributed by atoms with Crippen LogP contribution in [0.2, 0.25) is 0 Å². The zero-order valence-corrected chi connectivity index (χ0v) is 12.1. The SMILES string of the molecule is CCCCN(c1ccccc1)c1ccc(C(=O)O)cc1N. The quantitative estimate of drug-likeness (QED) is 0.789. The third-order valence-electron chi connectivity index (χ3n) is 3.37. The monoisotopic (exact) mass is 284 g/mol. The first-order valence-corrected chi connectivity index (χ1v) is 7.09. The molecular formula is C17H20N2O2. The van der Waals surface area contributed by atoms with Gasteiger partial charge in [-0.15, -0.1) is 0 Å². The molecule has 0 aromatic heterocycles. The number of para-hydroxylation sites is 1. The van der Waals surface area contributed by atoms with Crippen LogP contribution >= 0.6 is 0 Å². The van der Waals surface area contributed by atoms with Gasteiger partial charge >= 0.3 is 5.97 Å². The fourth-order valence-electron chi connectivity index (χ4n) is 2.25. The van der Waals surface area contributed by atoms with Crippen molar-refractivity contribution in [1.29, 1.82) is 0 Å². The first-order valence-electron chi connectivity index (χ1n) is 7.09. The average Bonchev–Trinajstić information content (AvgIpc) is 2.50. The van der Waals surface area contributed by atoms with E-state index in [0.717, 1.165) is 30.8 Å². The number of carboxylic acids is 1. The molecule has 0 saturated heterocycles. The van der Waals surface area contributed by atoms with Gasteiger partial charge in [0.25, 0.3) is 0 Å². The topological polar surface area (TPSA) is 66.6 Å². The molecule has 0 aliphatic heterocycles. The van der Waals surface area contributed by atoms with Crippen LogP contribution in [-0.2, 0) is 0 Å². The molecular weight excluding hydrogens is 264 g/mol. The van der Waals surface area contributed by atoms with Crippen molar-refractivity contribution in [3.05, 3.63) is 54.1 Å². The number of nitrogen functional groups attached to an aromatic ring is 1. The average molecular weight is 284 g/mol. The lowest BCUT2D eigenvalue weighted by Gasteiger charge is -2.26. The van der Waals surface area contributed by atoms with Crippen molar-refractivity contribution in [1.82, 2.24) is 0 Å². The summed E-state index contributed by atoms with van der Waals surface area (Å²) in [6.07, 6.45) is 2.12. The van der Waals surface area contributed by atoms with E-state index in [0.29, 0.717) is 5.69 Å². The van der Waals surface area contributed by atoms with Gasteiger partial charge in [0.1, 0.15) is 0 Å². The number of carbonyl (C=O) groups is 1. The molecule has 110 valence electrons. The van der Waals surface area contributed by atoms with Gasteiger partial charge in [-0.1, -0.05) is 31.5 Å². The summed E-state index contributed by atoms with van der Waals surface area (Å²) in [5.74, 6) is -0.965. The first-order chi connectivity index (χ1) is 10.1. The molecule has 0 unspecified atom stereocenters. The standard InChI is InChI=1S/C17H20N2O2/c1-2-3-11-19(14-7-5-4-6-8-14)16-10-9-13(17(20)21)12-15(16)18/h4-10,12H,2-3,11,18H2,1H3,(H,20,21). The summed E-state index contributed by atoms with van der Waals surface area (Å²) < 4.78 is 0. The van der Waals surface area contributed by atoms with Gasteiger partial charge in [0, 0.05) is 12.2 Å². The summed E-state index contributed by atoms with van der Waals surface area (Å²) in [6, 6.07) is 14.9. The van der Waals surface area contributed by atoms with E-state index in [1.165, 1.54) is 6.07 Å². The maximum absolute atomic E-state index is 11.0. The highest BCUT2D eigenvalue weighted by Gasteiger charge is 2.13. The van der Waals surface area contributed by atoms with Crippen LogP contribution in [0.15, 0.2) is 48.5 Å². The highest BCUT2D eigenvalue weighted by Crippen LogP contribution is 2.31. The summed E-state index contributed by atoms with van der Waals surface area (Å²) in [5.41, 5.74) is 8.66. The van der Waals surface area contributed by atoms with E-state index < -0.39 is 5.97 Å². The number of unbranched alkanes of at least 4 members (excludes halogenated alkanes) is 1. The molecule has 0 aliphatic rings. The molecule has 0 amide bonds. The second kappa shape index (κ2) is 6.79. The zero-order valence-electron chi connectivity index (χ0n) is 12.1. The van der Waals surface area contributed by atoms with Crippen LogP contribution in [0.4, 0.5) is 17.1 Å². The predicted molar refractivity (Wildman–Crippen MR) is 86.2 cm³/mol. The summed E-state index contributed by atoms with van der Waals surface area (Å²) in [5, 5.41) is 9.03. The van der Waals surface area contributed by atoms with E-state index in [9.17, 15) is 4.79 Å². The van der Waals surface area contributed by atoms with Crippen molar-refractivity contribution in [2.45, 2.75) is 19.8 Å². The van der Waals surface area contributed by atoms with Gasteiger partial charge < -0.3 is 15.7 Å². The molecule has 0 atom stereocenters. The lowest BCUT2D eigenvalue weighted by atomic mass is 10.1. The maximum Gasteiger partial charge on any atom is 0.335 e. The van der Waals surface area contributed by atoms with E-state index in [2.05, 4.69) is 11.8 Å². The Balaban J connectivity index is 2.39. The van der Waals surface area contributed by atoms with E-state index in [4.69, 9.17) is 10.8 Å². The molecule has 0 aliphatic carbocycles.